The zero-order valence-electron chi connectivity index (χ0n) is 31.6. The van der Waals surface area contributed by atoms with Gasteiger partial charge in [0.1, 0.15) is 35.6 Å². The Morgan fingerprint density at radius 2 is 1.60 bits per heavy atom. The molecule has 1 saturated carbocycles. The largest absolute Gasteiger partial charge is 0.465 e. The van der Waals surface area contributed by atoms with Gasteiger partial charge < -0.3 is 50.1 Å². The van der Waals surface area contributed by atoms with Crippen molar-refractivity contribution in [2.45, 2.75) is 91.2 Å². The van der Waals surface area contributed by atoms with Gasteiger partial charge in [-0.1, -0.05) is 34.6 Å². The molecule has 1 aromatic heterocycles. The van der Waals surface area contributed by atoms with Crippen molar-refractivity contribution in [1.29, 1.82) is 0 Å². The molecule has 18 nitrogen and oxygen atoms in total. The summed E-state index contributed by atoms with van der Waals surface area (Å²) in [5, 5.41) is 28.8. The summed E-state index contributed by atoms with van der Waals surface area (Å²) in [6, 6.07) is -2.13. The lowest BCUT2D eigenvalue weighted by molar-refractivity contribution is -0.146. The third-order valence-corrected chi connectivity index (χ3v) is 10.9. The lowest BCUT2D eigenvalue weighted by Crippen LogP contribution is -2.48. The minimum Gasteiger partial charge on any atom is -0.465 e. The summed E-state index contributed by atoms with van der Waals surface area (Å²) < 4.78 is 42.0. The minimum absolute atomic E-state index is 0.00952. The molecule has 1 saturated heterocycles. The number of nitrogens with one attached hydrogen (secondary N) is 2. The highest BCUT2D eigenvalue weighted by Crippen LogP contribution is 2.53. The number of carbonyl (C=O) groups is 2. The summed E-state index contributed by atoms with van der Waals surface area (Å²) in [5.74, 6) is -1.98. The van der Waals surface area contributed by atoms with Gasteiger partial charge in [-0.05, 0) is 44.4 Å². The fraction of sp³-hybridized carbons (Fsp3) is 0.788. The highest BCUT2D eigenvalue weighted by Gasteiger charge is 2.66. The number of hydrogen-bond acceptors (Lipinski definition) is 16. The lowest BCUT2D eigenvalue weighted by Gasteiger charge is -2.32. The summed E-state index contributed by atoms with van der Waals surface area (Å²) in [6.45, 7) is 14.3. The van der Waals surface area contributed by atoms with Crippen molar-refractivity contribution < 1.29 is 47.8 Å². The van der Waals surface area contributed by atoms with Gasteiger partial charge in [0.05, 0.1) is 33.0 Å². The normalized spacial score (nSPS) is 23.1. The standard InChI is InChI=1S/C33H59N8O10P/c1-9-49-30(43)23(15-19(3)4)39-52(46,40-24(16-20(5)6)31(44)50-10-2)51-18-25(47-8)27(42)33(45)21(7)22(33)17-36-26-28(34)37-32(35)38-29(26)41-11-13-48-14-12-41/h17,19-25,27,42,45H,9-16,18H2,1-8H3,(H2,39,40,46)(H4,34,35,37,38)/t21?,22?,23-,24-,25?,27?,33?/m0/s1. The first-order chi connectivity index (χ1) is 24.5. The minimum atomic E-state index is -4.30. The SMILES string of the molecule is CCOC(=O)[C@H](CC(C)C)NP(=O)(N[C@@H](CC(C)C)C(=O)OCC)OCC(OC)C(O)C1(O)C(C)C1C=Nc1c(N)nc(N)nc1N1CCOCC1. The number of ether oxygens (including phenoxy) is 4. The predicted molar refractivity (Wildman–Crippen MR) is 196 cm³/mol. The second kappa shape index (κ2) is 19.4. The van der Waals surface area contributed by atoms with Crippen LogP contribution < -0.4 is 26.5 Å². The van der Waals surface area contributed by atoms with Gasteiger partial charge in [0.2, 0.25) is 5.95 Å². The number of aromatic nitrogens is 2. The molecule has 0 amide bonds. The van der Waals surface area contributed by atoms with Gasteiger partial charge >= 0.3 is 19.6 Å². The number of esters is 2. The van der Waals surface area contributed by atoms with Crippen LogP contribution in [0.15, 0.2) is 4.99 Å². The van der Waals surface area contributed by atoms with E-state index in [0.717, 1.165) is 0 Å². The topological polar surface area (TPSA) is 255 Å². The van der Waals surface area contributed by atoms with E-state index in [4.69, 9.17) is 34.9 Å². The van der Waals surface area contributed by atoms with Gasteiger partial charge in [0.15, 0.2) is 11.6 Å². The van der Waals surface area contributed by atoms with E-state index in [9.17, 15) is 24.4 Å². The van der Waals surface area contributed by atoms with Crippen LogP contribution in [0, 0.1) is 23.7 Å². The van der Waals surface area contributed by atoms with Crippen LogP contribution in [0.2, 0.25) is 0 Å². The van der Waals surface area contributed by atoms with Crippen LogP contribution in [-0.2, 0) is 37.6 Å². The number of aliphatic hydroxyl groups excluding tert-OH is 1. The van der Waals surface area contributed by atoms with Crippen molar-refractivity contribution >= 4 is 49.1 Å². The maximum absolute atomic E-state index is 14.6. The molecule has 8 N–H and O–H groups in total. The number of nitrogens with zero attached hydrogens (tertiary/aromatic N) is 4. The van der Waals surface area contributed by atoms with Crippen molar-refractivity contribution in [3.63, 3.8) is 0 Å². The number of carbonyl (C=O) groups excluding carboxylic acids is 2. The summed E-state index contributed by atoms with van der Waals surface area (Å²) >= 11 is 0. The fourth-order valence-corrected chi connectivity index (χ4v) is 8.01. The zero-order valence-corrected chi connectivity index (χ0v) is 32.5. The zero-order chi connectivity index (χ0) is 38.8. The Balaban J connectivity index is 1.87. The van der Waals surface area contributed by atoms with Crippen molar-refractivity contribution in [2.75, 3.05) is 69.6 Å². The number of hydrogen-bond donors (Lipinski definition) is 6. The lowest BCUT2D eigenvalue weighted by atomic mass is 10.0. The number of nitrogen functional groups attached to an aromatic ring is 2. The third-order valence-electron chi connectivity index (χ3n) is 9.04. The van der Waals surface area contributed by atoms with E-state index in [0.29, 0.717) is 32.1 Å². The van der Waals surface area contributed by atoms with Crippen LogP contribution in [0.1, 0.15) is 61.3 Å². The van der Waals surface area contributed by atoms with E-state index >= 15 is 0 Å². The van der Waals surface area contributed by atoms with E-state index < -0.39 is 67.9 Å². The number of anilines is 3. The van der Waals surface area contributed by atoms with Gasteiger partial charge in [-0.25, -0.2) is 10.2 Å². The third kappa shape index (κ3) is 11.3. The highest BCUT2D eigenvalue weighted by molar-refractivity contribution is 7.54. The molecule has 0 radical (unpaired) electrons. The second-order valence-corrected chi connectivity index (χ2v) is 15.8. The molecule has 1 aliphatic heterocycles. The molecule has 0 spiro atoms. The molecule has 0 bridgehead atoms. The molecule has 296 valence electrons. The summed E-state index contributed by atoms with van der Waals surface area (Å²) in [7, 11) is -2.99. The van der Waals surface area contributed by atoms with E-state index in [1.165, 1.54) is 13.3 Å². The van der Waals surface area contributed by atoms with Gasteiger partial charge in [-0.2, -0.15) is 9.97 Å². The number of methoxy groups -OCH3 is 1. The van der Waals surface area contributed by atoms with Gasteiger partial charge in [-0.15, -0.1) is 0 Å². The molecule has 2 aliphatic rings. The number of nitrogens with two attached hydrogens (primary N) is 2. The Labute approximate surface area is 306 Å². The number of rotatable bonds is 21. The Hall–Kier alpha value is -2.96. The molecule has 1 aromatic rings. The molecule has 7 atom stereocenters. The molecule has 5 unspecified atom stereocenters. The maximum Gasteiger partial charge on any atom is 0.342 e. The molecule has 0 aromatic carbocycles. The fourth-order valence-electron chi connectivity index (χ4n) is 6.19. The van der Waals surface area contributed by atoms with E-state index in [1.54, 1.807) is 20.8 Å². The molecular weight excluding hydrogens is 699 g/mol. The smallest absolute Gasteiger partial charge is 0.342 e. The Morgan fingerprint density at radius 3 is 2.08 bits per heavy atom. The molecule has 2 heterocycles. The summed E-state index contributed by atoms with van der Waals surface area (Å²) in [5.41, 5.74) is 10.6. The number of aliphatic hydroxyl groups is 2. The van der Waals surface area contributed by atoms with Crippen LogP contribution >= 0.6 is 7.67 Å². The Bertz CT molecular complexity index is 1380. The molecule has 2 fully saturated rings. The van der Waals surface area contributed by atoms with Crippen molar-refractivity contribution in [3.8, 4) is 0 Å². The van der Waals surface area contributed by atoms with Crippen LogP contribution in [-0.4, -0.2) is 121 Å². The second-order valence-electron chi connectivity index (χ2n) is 13.9. The first-order valence-corrected chi connectivity index (χ1v) is 19.5. The number of aliphatic imine (C=N–C) groups is 1. The Morgan fingerprint density at radius 1 is 1.06 bits per heavy atom. The van der Waals surface area contributed by atoms with Crippen molar-refractivity contribution in [3.05, 3.63) is 0 Å². The molecular formula is C33H59N8O10P. The molecule has 1 aliphatic carbocycles. The average Bonchev–Trinajstić information content (AvgIpc) is 3.62. The first kappa shape index (κ1) is 43.4. The van der Waals surface area contributed by atoms with Gasteiger partial charge in [-0.3, -0.25) is 19.1 Å². The van der Waals surface area contributed by atoms with Gasteiger partial charge in [0, 0.05) is 32.3 Å². The van der Waals surface area contributed by atoms with Crippen molar-refractivity contribution in [2.24, 2.45) is 28.7 Å². The van der Waals surface area contributed by atoms with Crippen LogP contribution in [0.4, 0.5) is 23.3 Å². The van der Waals surface area contributed by atoms with Crippen LogP contribution in [0.5, 0.6) is 0 Å². The van der Waals surface area contributed by atoms with Gasteiger partial charge in [0.25, 0.3) is 0 Å². The molecule has 3 rings (SSSR count). The quantitative estimate of drug-likeness (QED) is 0.0594. The van der Waals surface area contributed by atoms with E-state index in [2.05, 4.69) is 25.1 Å². The summed E-state index contributed by atoms with van der Waals surface area (Å²) in [6.07, 6.45) is -0.796. The maximum atomic E-state index is 14.6. The molecule has 52 heavy (non-hydrogen) atoms. The average molecular weight is 759 g/mol. The number of morpholine rings is 1. The van der Waals surface area contributed by atoms with E-state index in [1.807, 2.05) is 32.6 Å². The van der Waals surface area contributed by atoms with Crippen LogP contribution in [0.25, 0.3) is 0 Å². The highest BCUT2D eigenvalue weighted by atomic mass is 31.2. The van der Waals surface area contributed by atoms with Crippen LogP contribution in [0.3, 0.4) is 0 Å². The monoisotopic (exact) mass is 758 g/mol. The molecule has 19 heteroatoms. The van der Waals surface area contributed by atoms with E-state index in [-0.39, 0.29) is 55.3 Å². The van der Waals surface area contributed by atoms with Crippen molar-refractivity contribution in [1.82, 2.24) is 20.1 Å². The first-order valence-electron chi connectivity index (χ1n) is 17.9. The Kier molecular flexibility index (Phi) is 16.2. The predicted octanol–water partition coefficient (Wildman–Crippen LogP) is 1.81. The summed E-state index contributed by atoms with van der Waals surface area (Å²) in [4.78, 5) is 40.8.